The fourth-order valence-corrected chi connectivity index (χ4v) is 2.46. The molecule has 1 saturated heterocycles. The van der Waals surface area contributed by atoms with Crippen molar-refractivity contribution in [1.29, 1.82) is 0 Å². The fourth-order valence-electron chi connectivity index (χ4n) is 2.46. The Labute approximate surface area is 126 Å². The van der Waals surface area contributed by atoms with Gasteiger partial charge in [-0.1, -0.05) is 0 Å². The van der Waals surface area contributed by atoms with Crippen molar-refractivity contribution in [3.05, 3.63) is 23.6 Å². The minimum absolute atomic E-state index is 0.0315. The standard InChI is InChI=1S/C15H16N2O5/c18-9-10-11(19)1-2-12-15(10)16-13(22-12)3-4-14(20)17-5-7-21-8-6-17/h1-2,9,19H,3-8H2. The quantitative estimate of drug-likeness (QED) is 0.851. The molecular weight excluding hydrogens is 288 g/mol. The zero-order valence-corrected chi connectivity index (χ0v) is 11.9. The van der Waals surface area contributed by atoms with Gasteiger partial charge in [0, 0.05) is 25.9 Å². The molecule has 0 atom stereocenters. The highest BCUT2D eigenvalue weighted by Crippen LogP contribution is 2.26. The Hall–Kier alpha value is -2.41. The van der Waals surface area contributed by atoms with Crippen LogP contribution in [-0.2, 0) is 16.0 Å². The number of oxazole rings is 1. The van der Waals surface area contributed by atoms with Gasteiger partial charge in [0.05, 0.1) is 18.8 Å². The van der Waals surface area contributed by atoms with Gasteiger partial charge in [-0.2, -0.15) is 0 Å². The molecule has 3 rings (SSSR count). The van der Waals surface area contributed by atoms with Gasteiger partial charge in [-0.05, 0) is 12.1 Å². The summed E-state index contributed by atoms with van der Waals surface area (Å²) in [6.45, 7) is 2.35. The summed E-state index contributed by atoms with van der Waals surface area (Å²) in [6, 6.07) is 2.94. The highest BCUT2D eigenvalue weighted by molar-refractivity contribution is 5.96. The van der Waals surface area contributed by atoms with Crippen LogP contribution in [0.25, 0.3) is 11.1 Å². The molecule has 7 nitrogen and oxygen atoms in total. The summed E-state index contributed by atoms with van der Waals surface area (Å²) in [6.07, 6.45) is 1.18. The Morgan fingerprint density at radius 1 is 1.36 bits per heavy atom. The number of nitrogens with zero attached hydrogens (tertiary/aromatic N) is 2. The molecule has 1 N–H and O–H groups in total. The molecule has 2 heterocycles. The lowest BCUT2D eigenvalue weighted by Gasteiger charge is -2.26. The smallest absolute Gasteiger partial charge is 0.223 e. The fraction of sp³-hybridized carbons (Fsp3) is 0.400. The lowest BCUT2D eigenvalue weighted by Crippen LogP contribution is -2.40. The summed E-state index contributed by atoms with van der Waals surface area (Å²) in [5.41, 5.74) is 0.851. The third-order valence-corrected chi connectivity index (χ3v) is 3.66. The Bertz CT molecular complexity index is 703. The number of aromatic hydroxyl groups is 1. The lowest BCUT2D eigenvalue weighted by atomic mass is 10.2. The molecule has 1 aromatic heterocycles. The number of rotatable bonds is 4. The maximum absolute atomic E-state index is 12.1. The molecule has 0 bridgehead atoms. The molecule has 1 fully saturated rings. The number of hydrogen-bond acceptors (Lipinski definition) is 6. The van der Waals surface area contributed by atoms with Crippen LogP contribution in [0.4, 0.5) is 0 Å². The molecular formula is C15H16N2O5. The first-order valence-corrected chi connectivity index (χ1v) is 7.11. The Kier molecular flexibility index (Phi) is 4.06. The molecule has 0 unspecified atom stereocenters. The number of aldehydes is 1. The average Bonchev–Trinajstić information content (AvgIpc) is 2.96. The van der Waals surface area contributed by atoms with E-state index in [0.29, 0.717) is 56.0 Å². The van der Waals surface area contributed by atoms with Crippen molar-refractivity contribution in [3.63, 3.8) is 0 Å². The summed E-state index contributed by atoms with van der Waals surface area (Å²) in [5, 5.41) is 9.62. The van der Waals surface area contributed by atoms with Crippen molar-refractivity contribution in [3.8, 4) is 5.75 Å². The highest BCUT2D eigenvalue weighted by Gasteiger charge is 2.18. The van der Waals surface area contributed by atoms with Crippen molar-refractivity contribution >= 4 is 23.3 Å². The van der Waals surface area contributed by atoms with E-state index in [1.165, 1.54) is 6.07 Å². The SMILES string of the molecule is O=Cc1c(O)ccc2oc(CCC(=O)N3CCOCC3)nc12. The van der Waals surface area contributed by atoms with E-state index in [1.807, 2.05) is 0 Å². The second kappa shape index (κ2) is 6.15. The Morgan fingerprint density at radius 2 is 2.14 bits per heavy atom. The van der Waals surface area contributed by atoms with Crippen molar-refractivity contribution in [2.45, 2.75) is 12.8 Å². The van der Waals surface area contributed by atoms with Crippen LogP contribution in [0.3, 0.4) is 0 Å². The van der Waals surface area contributed by atoms with Gasteiger partial charge in [-0.25, -0.2) is 4.98 Å². The lowest BCUT2D eigenvalue weighted by molar-refractivity contribution is -0.135. The molecule has 0 radical (unpaired) electrons. The van der Waals surface area contributed by atoms with Gasteiger partial charge in [-0.3, -0.25) is 9.59 Å². The average molecular weight is 304 g/mol. The number of aryl methyl sites for hydroxylation is 1. The summed E-state index contributed by atoms with van der Waals surface area (Å²) in [4.78, 5) is 29.0. The Balaban J connectivity index is 1.71. The molecule has 7 heteroatoms. The molecule has 0 spiro atoms. The maximum atomic E-state index is 12.1. The van der Waals surface area contributed by atoms with Gasteiger partial charge in [0.2, 0.25) is 5.91 Å². The number of phenolic OH excluding ortho intramolecular Hbond substituents is 1. The van der Waals surface area contributed by atoms with E-state index in [-0.39, 0.29) is 23.6 Å². The number of fused-ring (bicyclic) bond motifs is 1. The van der Waals surface area contributed by atoms with Gasteiger partial charge in [0.15, 0.2) is 17.8 Å². The topological polar surface area (TPSA) is 92.9 Å². The first kappa shape index (κ1) is 14.5. The molecule has 1 aromatic carbocycles. The second-order valence-electron chi connectivity index (χ2n) is 5.06. The summed E-state index contributed by atoms with van der Waals surface area (Å²) >= 11 is 0. The number of aromatic nitrogens is 1. The van der Waals surface area contributed by atoms with Crippen LogP contribution in [-0.4, -0.2) is 53.5 Å². The van der Waals surface area contributed by atoms with Crippen molar-refractivity contribution in [2.75, 3.05) is 26.3 Å². The van der Waals surface area contributed by atoms with E-state index >= 15 is 0 Å². The van der Waals surface area contributed by atoms with Crippen LogP contribution in [0.1, 0.15) is 22.7 Å². The first-order valence-electron chi connectivity index (χ1n) is 7.11. The van der Waals surface area contributed by atoms with Crippen LogP contribution in [0.5, 0.6) is 5.75 Å². The normalized spacial score (nSPS) is 15.2. The third-order valence-electron chi connectivity index (χ3n) is 3.66. The number of hydrogen-bond donors (Lipinski definition) is 1. The van der Waals surface area contributed by atoms with Crippen molar-refractivity contribution < 1.29 is 23.8 Å². The number of morpholine rings is 1. The Morgan fingerprint density at radius 3 is 2.86 bits per heavy atom. The van der Waals surface area contributed by atoms with Crippen molar-refractivity contribution in [2.24, 2.45) is 0 Å². The largest absolute Gasteiger partial charge is 0.507 e. The van der Waals surface area contributed by atoms with Gasteiger partial charge in [0.1, 0.15) is 11.3 Å². The molecule has 1 amide bonds. The monoisotopic (exact) mass is 304 g/mol. The van der Waals surface area contributed by atoms with Gasteiger partial charge in [-0.15, -0.1) is 0 Å². The van der Waals surface area contributed by atoms with E-state index in [1.54, 1.807) is 11.0 Å². The summed E-state index contributed by atoms with van der Waals surface area (Å²) in [5.74, 6) is 0.279. The van der Waals surface area contributed by atoms with E-state index in [2.05, 4.69) is 4.98 Å². The number of carbonyl (C=O) groups is 2. The van der Waals surface area contributed by atoms with Gasteiger partial charge >= 0.3 is 0 Å². The number of phenols is 1. The predicted molar refractivity (Wildman–Crippen MR) is 76.8 cm³/mol. The number of benzene rings is 1. The van der Waals surface area contributed by atoms with E-state index in [4.69, 9.17) is 9.15 Å². The summed E-state index contributed by atoms with van der Waals surface area (Å²) < 4.78 is 10.7. The van der Waals surface area contributed by atoms with Crippen LogP contribution in [0, 0.1) is 0 Å². The third kappa shape index (κ3) is 2.80. The van der Waals surface area contributed by atoms with Gasteiger partial charge < -0.3 is 19.2 Å². The van der Waals surface area contributed by atoms with Crippen LogP contribution in [0.15, 0.2) is 16.5 Å². The van der Waals surface area contributed by atoms with Gasteiger partial charge in [0.25, 0.3) is 0 Å². The second-order valence-corrected chi connectivity index (χ2v) is 5.06. The van der Waals surface area contributed by atoms with Crippen LogP contribution >= 0.6 is 0 Å². The molecule has 22 heavy (non-hydrogen) atoms. The summed E-state index contributed by atoms with van der Waals surface area (Å²) in [7, 11) is 0. The van der Waals surface area contributed by atoms with E-state index in [9.17, 15) is 14.7 Å². The number of carbonyl (C=O) groups excluding carboxylic acids is 2. The maximum Gasteiger partial charge on any atom is 0.223 e. The minimum atomic E-state index is -0.133. The number of amides is 1. The molecule has 1 aliphatic rings. The van der Waals surface area contributed by atoms with E-state index in [0.717, 1.165) is 0 Å². The first-order chi connectivity index (χ1) is 10.7. The predicted octanol–water partition coefficient (Wildman–Crippen LogP) is 1.14. The highest BCUT2D eigenvalue weighted by atomic mass is 16.5. The zero-order chi connectivity index (χ0) is 15.5. The molecule has 0 aliphatic carbocycles. The van der Waals surface area contributed by atoms with Crippen LogP contribution < -0.4 is 0 Å². The van der Waals surface area contributed by atoms with Crippen molar-refractivity contribution in [1.82, 2.24) is 9.88 Å². The van der Waals surface area contributed by atoms with E-state index < -0.39 is 0 Å². The molecule has 116 valence electrons. The molecule has 1 aliphatic heterocycles. The number of ether oxygens (including phenoxy) is 1. The molecule has 2 aromatic rings. The minimum Gasteiger partial charge on any atom is -0.507 e. The molecule has 0 saturated carbocycles. The van der Waals surface area contributed by atoms with Crippen LogP contribution in [0.2, 0.25) is 0 Å². The zero-order valence-electron chi connectivity index (χ0n) is 11.9.